The van der Waals surface area contributed by atoms with E-state index in [1.807, 2.05) is 30.3 Å². The number of aliphatic hydroxyl groups is 1. The lowest BCUT2D eigenvalue weighted by Crippen LogP contribution is -2.04. The van der Waals surface area contributed by atoms with Gasteiger partial charge in [0, 0.05) is 0 Å². The van der Waals surface area contributed by atoms with Crippen LogP contribution in [0.2, 0.25) is 0 Å². The SMILES string of the molecule is CC1(CC(O)c2ccccc2)CC1. The van der Waals surface area contributed by atoms with Gasteiger partial charge in [-0.25, -0.2) is 0 Å². The quantitative estimate of drug-likeness (QED) is 0.750. The molecule has 0 aliphatic heterocycles. The first-order valence-electron chi connectivity index (χ1n) is 4.93. The molecule has 0 amide bonds. The van der Waals surface area contributed by atoms with Gasteiger partial charge >= 0.3 is 0 Å². The maximum atomic E-state index is 9.90. The van der Waals surface area contributed by atoms with Crippen LogP contribution in [-0.4, -0.2) is 5.11 Å². The second-order valence-corrected chi connectivity index (χ2v) is 4.44. The molecule has 0 aromatic heterocycles. The van der Waals surface area contributed by atoms with Crippen molar-refractivity contribution in [2.75, 3.05) is 0 Å². The van der Waals surface area contributed by atoms with E-state index < -0.39 is 0 Å². The summed E-state index contributed by atoms with van der Waals surface area (Å²) in [7, 11) is 0. The van der Waals surface area contributed by atoms with E-state index in [4.69, 9.17) is 0 Å². The van der Waals surface area contributed by atoms with Crippen LogP contribution in [0.25, 0.3) is 0 Å². The van der Waals surface area contributed by atoms with Crippen molar-refractivity contribution in [3.8, 4) is 0 Å². The molecule has 1 N–H and O–H groups in total. The Morgan fingerprint density at radius 3 is 2.46 bits per heavy atom. The molecule has 0 bridgehead atoms. The van der Waals surface area contributed by atoms with Gasteiger partial charge in [0.15, 0.2) is 0 Å². The normalized spacial score (nSPS) is 21.1. The van der Waals surface area contributed by atoms with Gasteiger partial charge in [-0.3, -0.25) is 0 Å². The number of hydrogen-bond donors (Lipinski definition) is 1. The third-order valence-electron chi connectivity index (χ3n) is 2.97. The summed E-state index contributed by atoms with van der Waals surface area (Å²) in [6.45, 7) is 2.25. The monoisotopic (exact) mass is 176 g/mol. The Labute approximate surface area is 79.4 Å². The summed E-state index contributed by atoms with van der Waals surface area (Å²) in [5.41, 5.74) is 1.48. The van der Waals surface area contributed by atoms with E-state index in [-0.39, 0.29) is 6.10 Å². The molecule has 1 aliphatic carbocycles. The predicted molar refractivity (Wildman–Crippen MR) is 53.4 cm³/mol. The maximum Gasteiger partial charge on any atom is 0.0795 e. The number of aliphatic hydroxyl groups excluding tert-OH is 1. The average molecular weight is 176 g/mol. The minimum atomic E-state index is -0.270. The fourth-order valence-corrected chi connectivity index (χ4v) is 1.68. The van der Waals surface area contributed by atoms with E-state index in [9.17, 15) is 5.11 Å². The van der Waals surface area contributed by atoms with Crippen molar-refractivity contribution < 1.29 is 5.11 Å². The Balaban J connectivity index is 2.01. The Kier molecular flexibility index (Phi) is 2.12. The van der Waals surface area contributed by atoms with Crippen molar-refractivity contribution in [1.82, 2.24) is 0 Å². The lowest BCUT2D eigenvalue weighted by molar-refractivity contribution is 0.142. The van der Waals surface area contributed by atoms with E-state index in [0.29, 0.717) is 5.41 Å². The van der Waals surface area contributed by atoms with Crippen molar-refractivity contribution in [1.29, 1.82) is 0 Å². The molecular formula is C12H16O. The molecule has 1 unspecified atom stereocenters. The molecule has 2 rings (SSSR count). The maximum absolute atomic E-state index is 9.90. The summed E-state index contributed by atoms with van der Waals surface area (Å²) >= 11 is 0. The van der Waals surface area contributed by atoms with Gasteiger partial charge in [-0.1, -0.05) is 37.3 Å². The first kappa shape index (κ1) is 8.76. The van der Waals surface area contributed by atoms with Crippen LogP contribution < -0.4 is 0 Å². The lowest BCUT2D eigenvalue weighted by Gasteiger charge is -2.14. The number of benzene rings is 1. The van der Waals surface area contributed by atoms with Crippen molar-refractivity contribution in [3.63, 3.8) is 0 Å². The minimum Gasteiger partial charge on any atom is -0.388 e. The highest BCUT2D eigenvalue weighted by molar-refractivity contribution is 5.18. The van der Waals surface area contributed by atoms with Gasteiger partial charge in [0.05, 0.1) is 6.10 Å². The Morgan fingerprint density at radius 2 is 1.92 bits per heavy atom. The van der Waals surface area contributed by atoms with Crippen molar-refractivity contribution in [2.45, 2.75) is 32.3 Å². The molecule has 0 spiro atoms. The Bertz CT molecular complexity index is 274. The molecule has 1 aromatic rings. The highest BCUT2D eigenvalue weighted by Crippen LogP contribution is 2.51. The van der Waals surface area contributed by atoms with E-state index >= 15 is 0 Å². The zero-order chi connectivity index (χ0) is 9.31. The highest BCUT2D eigenvalue weighted by atomic mass is 16.3. The van der Waals surface area contributed by atoms with Crippen LogP contribution in [0, 0.1) is 5.41 Å². The van der Waals surface area contributed by atoms with Gasteiger partial charge in [0.25, 0.3) is 0 Å². The average Bonchev–Trinajstić information content (AvgIpc) is 2.85. The third-order valence-corrected chi connectivity index (χ3v) is 2.97. The lowest BCUT2D eigenvalue weighted by atomic mass is 9.96. The fraction of sp³-hybridized carbons (Fsp3) is 0.500. The molecule has 1 aromatic carbocycles. The van der Waals surface area contributed by atoms with Crippen LogP contribution in [0.15, 0.2) is 30.3 Å². The molecule has 1 nitrogen and oxygen atoms in total. The van der Waals surface area contributed by atoms with Crippen LogP contribution in [0.1, 0.15) is 37.9 Å². The zero-order valence-corrected chi connectivity index (χ0v) is 8.03. The molecule has 1 heteroatoms. The van der Waals surface area contributed by atoms with Gasteiger partial charge in [0.2, 0.25) is 0 Å². The zero-order valence-electron chi connectivity index (χ0n) is 8.03. The largest absolute Gasteiger partial charge is 0.388 e. The van der Waals surface area contributed by atoms with Crippen LogP contribution in [0.5, 0.6) is 0 Å². The standard InChI is InChI=1S/C12H16O/c1-12(7-8-12)9-11(13)10-5-3-2-4-6-10/h2-6,11,13H,7-9H2,1H3. The highest BCUT2D eigenvalue weighted by Gasteiger charge is 2.38. The van der Waals surface area contributed by atoms with Crippen molar-refractivity contribution in [3.05, 3.63) is 35.9 Å². The fourth-order valence-electron chi connectivity index (χ4n) is 1.68. The van der Waals surface area contributed by atoms with Crippen LogP contribution >= 0.6 is 0 Å². The van der Waals surface area contributed by atoms with Crippen LogP contribution in [0.4, 0.5) is 0 Å². The van der Waals surface area contributed by atoms with E-state index in [1.54, 1.807) is 0 Å². The predicted octanol–water partition coefficient (Wildman–Crippen LogP) is 2.91. The summed E-state index contributed by atoms with van der Waals surface area (Å²) in [5.74, 6) is 0. The summed E-state index contributed by atoms with van der Waals surface area (Å²) in [4.78, 5) is 0. The molecule has 1 fully saturated rings. The molecule has 0 heterocycles. The van der Waals surface area contributed by atoms with Gasteiger partial charge in [-0.15, -0.1) is 0 Å². The van der Waals surface area contributed by atoms with Gasteiger partial charge < -0.3 is 5.11 Å². The van der Waals surface area contributed by atoms with Crippen molar-refractivity contribution >= 4 is 0 Å². The number of rotatable bonds is 3. The molecular weight excluding hydrogens is 160 g/mol. The molecule has 1 atom stereocenters. The molecule has 0 saturated heterocycles. The van der Waals surface area contributed by atoms with E-state index in [0.717, 1.165) is 12.0 Å². The summed E-state index contributed by atoms with van der Waals surface area (Å²) in [6, 6.07) is 9.93. The van der Waals surface area contributed by atoms with E-state index in [2.05, 4.69) is 6.92 Å². The second-order valence-electron chi connectivity index (χ2n) is 4.44. The van der Waals surface area contributed by atoms with Gasteiger partial charge in [0.1, 0.15) is 0 Å². The number of hydrogen-bond acceptors (Lipinski definition) is 1. The van der Waals surface area contributed by atoms with Crippen LogP contribution in [-0.2, 0) is 0 Å². The topological polar surface area (TPSA) is 20.2 Å². The third kappa shape index (κ3) is 2.10. The summed E-state index contributed by atoms with van der Waals surface area (Å²) < 4.78 is 0. The molecule has 1 aliphatic rings. The Morgan fingerprint density at radius 1 is 1.31 bits per heavy atom. The molecule has 0 radical (unpaired) electrons. The molecule has 13 heavy (non-hydrogen) atoms. The van der Waals surface area contributed by atoms with Gasteiger partial charge in [-0.05, 0) is 30.2 Å². The van der Waals surface area contributed by atoms with Gasteiger partial charge in [-0.2, -0.15) is 0 Å². The summed E-state index contributed by atoms with van der Waals surface area (Å²) in [5, 5.41) is 9.90. The Hall–Kier alpha value is -0.820. The summed E-state index contributed by atoms with van der Waals surface area (Å²) in [6.07, 6.45) is 3.19. The van der Waals surface area contributed by atoms with Crippen molar-refractivity contribution in [2.24, 2.45) is 5.41 Å². The second kappa shape index (κ2) is 3.15. The minimum absolute atomic E-state index is 0.270. The molecule has 1 saturated carbocycles. The smallest absolute Gasteiger partial charge is 0.0795 e. The van der Waals surface area contributed by atoms with Crippen LogP contribution in [0.3, 0.4) is 0 Å². The first-order chi connectivity index (χ1) is 6.20. The first-order valence-corrected chi connectivity index (χ1v) is 4.93. The molecule has 70 valence electrons. The van der Waals surface area contributed by atoms with E-state index in [1.165, 1.54) is 12.8 Å².